The molecule has 19 heavy (non-hydrogen) atoms. The average Bonchev–Trinajstić information content (AvgIpc) is 2.70. The average molecular weight is 308 g/mol. The molecule has 7 heteroatoms. The lowest BCUT2D eigenvalue weighted by molar-refractivity contribution is 0.0444. The van der Waals surface area contributed by atoms with Gasteiger partial charge in [-0.1, -0.05) is 13.8 Å². The number of carbonyl (C=O) groups is 1. The maximum absolute atomic E-state index is 11.9. The third-order valence-corrected chi connectivity index (χ3v) is 3.74. The molecule has 0 saturated carbocycles. The summed E-state index contributed by atoms with van der Waals surface area (Å²) in [6.45, 7) is 7.80. The fourth-order valence-electron chi connectivity index (χ4n) is 1.49. The first-order valence-corrected chi connectivity index (χ1v) is 8.27. The van der Waals surface area contributed by atoms with Crippen LogP contribution in [0.2, 0.25) is 0 Å². The maximum atomic E-state index is 11.9. The number of halogens is 1. The SMILES string of the molecule is CC(C)COC(=O)c1cc(S(=O)(=O)Cl)cn1C(C)C. The second-order valence-electron chi connectivity index (χ2n) is 4.99. The molecule has 0 aromatic carbocycles. The normalized spacial score (nSPS) is 12.2. The fraction of sp³-hybridized carbons (Fsp3) is 0.583. The van der Waals surface area contributed by atoms with Gasteiger partial charge < -0.3 is 9.30 Å². The van der Waals surface area contributed by atoms with Gasteiger partial charge in [-0.15, -0.1) is 0 Å². The molecule has 0 aliphatic rings. The maximum Gasteiger partial charge on any atom is 0.355 e. The van der Waals surface area contributed by atoms with Crippen molar-refractivity contribution in [3.63, 3.8) is 0 Å². The zero-order valence-electron chi connectivity index (χ0n) is 11.4. The van der Waals surface area contributed by atoms with Gasteiger partial charge in [-0.25, -0.2) is 13.2 Å². The predicted molar refractivity (Wildman–Crippen MR) is 73.0 cm³/mol. The van der Waals surface area contributed by atoms with Gasteiger partial charge in [0.1, 0.15) is 10.6 Å². The molecule has 1 heterocycles. The summed E-state index contributed by atoms with van der Waals surface area (Å²) in [5, 5.41) is 0. The van der Waals surface area contributed by atoms with Gasteiger partial charge in [0, 0.05) is 22.9 Å². The Morgan fingerprint density at radius 1 is 1.37 bits per heavy atom. The van der Waals surface area contributed by atoms with E-state index in [4.69, 9.17) is 15.4 Å². The highest BCUT2D eigenvalue weighted by atomic mass is 35.7. The van der Waals surface area contributed by atoms with Crippen LogP contribution in [-0.2, 0) is 13.8 Å². The monoisotopic (exact) mass is 307 g/mol. The summed E-state index contributed by atoms with van der Waals surface area (Å²) in [5.74, 6) is -0.336. The summed E-state index contributed by atoms with van der Waals surface area (Å²) >= 11 is 0. The number of hydrogen-bond donors (Lipinski definition) is 0. The van der Waals surface area contributed by atoms with Crippen LogP contribution < -0.4 is 0 Å². The number of esters is 1. The number of rotatable bonds is 5. The van der Waals surface area contributed by atoms with E-state index in [1.165, 1.54) is 16.8 Å². The van der Waals surface area contributed by atoms with Crippen molar-refractivity contribution in [2.75, 3.05) is 6.61 Å². The highest BCUT2D eigenvalue weighted by Gasteiger charge is 2.22. The molecule has 0 saturated heterocycles. The molecule has 5 nitrogen and oxygen atoms in total. The highest BCUT2D eigenvalue weighted by Crippen LogP contribution is 2.22. The summed E-state index contributed by atoms with van der Waals surface area (Å²) in [7, 11) is 1.43. The lowest BCUT2D eigenvalue weighted by Gasteiger charge is -2.12. The van der Waals surface area contributed by atoms with Gasteiger partial charge in [-0.05, 0) is 25.8 Å². The van der Waals surface area contributed by atoms with Gasteiger partial charge in [0.2, 0.25) is 0 Å². The van der Waals surface area contributed by atoms with Crippen LogP contribution in [0.3, 0.4) is 0 Å². The van der Waals surface area contributed by atoms with Gasteiger partial charge in [-0.3, -0.25) is 0 Å². The molecule has 0 aliphatic heterocycles. The Morgan fingerprint density at radius 2 is 1.95 bits per heavy atom. The van der Waals surface area contributed by atoms with Crippen molar-refractivity contribution in [3.8, 4) is 0 Å². The van der Waals surface area contributed by atoms with Gasteiger partial charge >= 0.3 is 5.97 Å². The van der Waals surface area contributed by atoms with E-state index >= 15 is 0 Å². The van der Waals surface area contributed by atoms with E-state index in [1.54, 1.807) is 0 Å². The van der Waals surface area contributed by atoms with Crippen molar-refractivity contribution in [1.82, 2.24) is 4.57 Å². The largest absolute Gasteiger partial charge is 0.461 e. The molecule has 0 unspecified atom stereocenters. The Kier molecular flexibility index (Phi) is 5.04. The Labute approximate surface area is 117 Å². The molecule has 0 aliphatic carbocycles. The molecule has 0 amide bonds. The molecular formula is C12H18ClNO4S. The minimum absolute atomic E-state index is 0.0752. The van der Waals surface area contributed by atoms with Crippen LogP contribution >= 0.6 is 10.7 Å². The molecule has 0 atom stereocenters. The van der Waals surface area contributed by atoms with Crippen molar-refractivity contribution in [1.29, 1.82) is 0 Å². The zero-order chi connectivity index (χ0) is 14.8. The second-order valence-corrected chi connectivity index (χ2v) is 7.56. The topological polar surface area (TPSA) is 65.4 Å². The second kappa shape index (κ2) is 5.96. The molecule has 108 valence electrons. The van der Waals surface area contributed by atoms with Crippen LogP contribution in [0.4, 0.5) is 0 Å². The van der Waals surface area contributed by atoms with Crippen molar-refractivity contribution < 1.29 is 17.9 Å². The van der Waals surface area contributed by atoms with E-state index in [0.717, 1.165) is 0 Å². The highest BCUT2D eigenvalue weighted by molar-refractivity contribution is 8.13. The van der Waals surface area contributed by atoms with E-state index in [2.05, 4.69) is 0 Å². The zero-order valence-corrected chi connectivity index (χ0v) is 13.0. The first kappa shape index (κ1) is 16.0. The van der Waals surface area contributed by atoms with Crippen LogP contribution in [0.15, 0.2) is 17.2 Å². The molecule has 0 fully saturated rings. The van der Waals surface area contributed by atoms with E-state index in [-0.39, 0.29) is 29.2 Å². The van der Waals surface area contributed by atoms with Crippen LogP contribution in [0.25, 0.3) is 0 Å². The number of nitrogens with zero attached hydrogens (tertiary/aromatic N) is 1. The van der Waals surface area contributed by atoms with Gasteiger partial charge in [0.25, 0.3) is 9.05 Å². The number of hydrogen-bond acceptors (Lipinski definition) is 4. The van der Waals surface area contributed by atoms with Crippen molar-refractivity contribution in [2.24, 2.45) is 5.92 Å². The molecule has 1 rings (SSSR count). The summed E-state index contributed by atoms with van der Waals surface area (Å²) < 4.78 is 29.3. The van der Waals surface area contributed by atoms with E-state index in [1.807, 2.05) is 27.7 Å². The lowest BCUT2D eigenvalue weighted by Crippen LogP contribution is -2.15. The van der Waals surface area contributed by atoms with Crippen LogP contribution in [0, 0.1) is 5.92 Å². The quantitative estimate of drug-likeness (QED) is 0.620. The Hall–Kier alpha value is -1.01. The summed E-state index contributed by atoms with van der Waals surface area (Å²) in [6, 6.07) is 1.17. The van der Waals surface area contributed by atoms with Crippen molar-refractivity contribution >= 4 is 25.7 Å². The van der Waals surface area contributed by atoms with Crippen LogP contribution in [-0.4, -0.2) is 25.6 Å². The Morgan fingerprint density at radius 3 is 2.37 bits per heavy atom. The molecular weight excluding hydrogens is 290 g/mol. The minimum atomic E-state index is -3.86. The van der Waals surface area contributed by atoms with E-state index in [9.17, 15) is 13.2 Å². The number of ether oxygens (including phenoxy) is 1. The first-order chi connectivity index (χ1) is 8.62. The lowest BCUT2D eigenvalue weighted by atomic mass is 10.2. The molecule has 0 radical (unpaired) electrons. The molecule has 0 bridgehead atoms. The third kappa shape index (κ3) is 4.24. The molecule has 1 aromatic rings. The van der Waals surface area contributed by atoms with E-state index < -0.39 is 15.0 Å². The molecule has 1 aromatic heterocycles. The van der Waals surface area contributed by atoms with Crippen LogP contribution in [0.5, 0.6) is 0 Å². The van der Waals surface area contributed by atoms with Crippen molar-refractivity contribution in [2.45, 2.75) is 38.6 Å². The standard InChI is InChI=1S/C12H18ClNO4S/c1-8(2)7-18-12(15)11-5-10(19(13,16)17)6-14(11)9(3)4/h5-6,8-9H,7H2,1-4H3. The first-order valence-electron chi connectivity index (χ1n) is 5.96. The number of carbonyl (C=O) groups excluding carboxylic acids is 1. The predicted octanol–water partition coefficient (Wildman–Crippen LogP) is 2.81. The number of aromatic nitrogens is 1. The summed E-state index contributed by atoms with van der Waals surface area (Å²) in [5.41, 5.74) is 0.190. The summed E-state index contributed by atoms with van der Waals surface area (Å²) in [6.07, 6.45) is 1.35. The van der Waals surface area contributed by atoms with Gasteiger partial charge in [0.15, 0.2) is 0 Å². The minimum Gasteiger partial charge on any atom is -0.461 e. The Bertz CT molecular complexity index is 560. The fourth-order valence-corrected chi connectivity index (χ4v) is 2.24. The molecule has 0 spiro atoms. The van der Waals surface area contributed by atoms with Gasteiger partial charge in [0.05, 0.1) is 6.61 Å². The van der Waals surface area contributed by atoms with Gasteiger partial charge in [-0.2, -0.15) is 0 Å². The van der Waals surface area contributed by atoms with E-state index in [0.29, 0.717) is 0 Å². The Balaban J connectivity index is 3.12. The smallest absolute Gasteiger partial charge is 0.355 e. The molecule has 0 N–H and O–H groups in total. The van der Waals surface area contributed by atoms with Crippen molar-refractivity contribution in [3.05, 3.63) is 18.0 Å². The summed E-state index contributed by atoms with van der Waals surface area (Å²) in [4.78, 5) is 11.8. The van der Waals surface area contributed by atoms with Crippen LogP contribution in [0.1, 0.15) is 44.2 Å². The third-order valence-electron chi connectivity index (χ3n) is 2.42.